The predicted octanol–water partition coefficient (Wildman–Crippen LogP) is 3.71. The predicted molar refractivity (Wildman–Crippen MR) is 87.8 cm³/mol. The SMILES string of the molecule is Cc1nc2c([C@@H](C)c3ccc(C(F)(F)F)c(F)c3)nn(CCF)c2c(=O)[nH]1. The number of hydrogen-bond donors (Lipinski definition) is 1. The molecule has 3 aromatic rings. The third-order valence-corrected chi connectivity index (χ3v) is 4.25. The van der Waals surface area contributed by atoms with Gasteiger partial charge in [-0.05, 0) is 24.6 Å². The molecule has 0 spiro atoms. The number of aromatic nitrogens is 4. The molecular formula is C17H15F5N4O. The maximum atomic E-state index is 13.9. The van der Waals surface area contributed by atoms with E-state index in [1.54, 1.807) is 13.8 Å². The van der Waals surface area contributed by atoms with Crippen molar-refractivity contribution in [2.75, 3.05) is 6.67 Å². The molecule has 5 nitrogen and oxygen atoms in total. The summed E-state index contributed by atoms with van der Waals surface area (Å²) in [5, 5.41) is 4.21. The smallest absolute Gasteiger partial charge is 0.309 e. The van der Waals surface area contributed by atoms with Crippen LogP contribution in [-0.2, 0) is 12.7 Å². The average molecular weight is 386 g/mol. The molecule has 0 amide bonds. The molecule has 1 aromatic carbocycles. The van der Waals surface area contributed by atoms with Gasteiger partial charge >= 0.3 is 6.18 Å². The van der Waals surface area contributed by atoms with Crippen molar-refractivity contribution >= 4 is 11.0 Å². The van der Waals surface area contributed by atoms with Crippen LogP contribution < -0.4 is 5.56 Å². The summed E-state index contributed by atoms with van der Waals surface area (Å²) in [6.07, 6.45) is -4.80. The third-order valence-electron chi connectivity index (χ3n) is 4.25. The number of H-pyrrole nitrogens is 1. The second-order valence-corrected chi connectivity index (χ2v) is 6.10. The van der Waals surface area contributed by atoms with Crippen molar-refractivity contribution in [3.05, 3.63) is 57.0 Å². The van der Waals surface area contributed by atoms with Gasteiger partial charge in [0.2, 0.25) is 0 Å². The molecule has 0 radical (unpaired) electrons. The van der Waals surface area contributed by atoms with E-state index in [1.807, 2.05) is 0 Å². The average Bonchev–Trinajstić information content (AvgIpc) is 2.91. The van der Waals surface area contributed by atoms with Crippen molar-refractivity contribution in [2.24, 2.45) is 0 Å². The van der Waals surface area contributed by atoms with Crippen LogP contribution in [0.3, 0.4) is 0 Å². The number of fused-ring (bicyclic) bond motifs is 1. The lowest BCUT2D eigenvalue weighted by molar-refractivity contribution is -0.140. The summed E-state index contributed by atoms with van der Waals surface area (Å²) < 4.78 is 66.1. The minimum atomic E-state index is -4.80. The maximum Gasteiger partial charge on any atom is 0.419 e. The Kier molecular flexibility index (Phi) is 4.75. The zero-order chi connectivity index (χ0) is 19.9. The van der Waals surface area contributed by atoms with Crippen LogP contribution in [0, 0.1) is 12.7 Å². The van der Waals surface area contributed by atoms with Crippen molar-refractivity contribution in [3.63, 3.8) is 0 Å². The van der Waals surface area contributed by atoms with Crippen LogP contribution in [0.25, 0.3) is 11.0 Å². The van der Waals surface area contributed by atoms with E-state index >= 15 is 0 Å². The molecule has 0 aliphatic carbocycles. The number of nitrogens with one attached hydrogen (secondary N) is 1. The van der Waals surface area contributed by atoms with E-state index in [9.17, 15) is 26.7 Å². The van der Waals surface area contributed by atoms with Gasteiger partial charge in [-0.2, -0.15) is 18.3 Å². The van der Waals surface area contributed by atoms with Gasteiger partial charge < -0.3 is 4.98 Å². The van der Waals surface area contributed by atoms with Crippen LogP contribution in [0.4, 0.5) is 22.0 Å². The molecule has 3 rings (SSSR count). The Balaban J connectivity index is 2.15. The minimum absolute atomic E-state index is 0.0625. The highest BCUT2D eigenvalue weighted by molar-refractivity contribution is 5.77. The molecule has 27 heavy (non-hydrogen) atoms. The van der Waals surface area contributed by atoms with Gasteiger partial charge in [0.15, 0.2) is 5.52 Å². The fraction of sp³-hybridized carbons (Fsp3) is 0.353. The standard InChI is InChI=1S/C17H15F5N4O/c1-8(10-3-4-11(12(19)7-10)17(20,21)22)13-14-15(26(25-13)6-5-18)16(27)24-9(2)23-14/h3-4,7-8H,5-6H2,1-2H3,(H,23,24,27)/t8-/m0/s1. The second kappa shape index (κ2) is 6.75. The quantitative estimate of drug-likeness (QED) is 0.696. The maximum absolute atomic E-state index is 13.9. The number of benzene rings is 1. The summed E-state index contributed by atoms with van der Waals surface area (Å²) in [6, 6.07) is 2.59. The first-order chi connectivity index (χ1) is 12.6. The molecule has 2 heterocycles. The number of halogens is 5. The van der Waals surface area contributed by atoms with E-state index in [2.05, 4.69) is 15.1 Å². The molecule has 10 heteroatoms. The Hall–Kier alpha value is -2.78. The lowest BCUT2D eigenvalue weighted by Crippen LogP contribution is -2.14. The van der Waals surface area contributed by atoms with E-state index in [-0.39, 0.29) is 28.8 Å². The van der Waals surface area contributed by atoms with Gasteiger partial charge in [-0.15, -0.1) is 0 Å². The Morgan fingerprint density at radius 2 is 2.00 bits per heavy atom. The van der Waals surface area contributed by atoms with Crippen LogP contribution in [0.1, 0.15) is 35.5 Å². The summed E-state index contributed by atoms with van der Waals surface area (Å²) in [6.45, 7) is 2.20. The highest BCUT2D eigenvalue weighted by Gasteiger charge is 2.34. The number of aromatic amines is 1. The zero-order valence-electron chi connectivity index (χ0n) is 14.4. The molecule has 0 fully saturated rings. The van der Waals surface area contributed by atoms with Gasteiger partial charge in [-0.25, -0.2) is 13.8 Å². The monoisotopic (exact) mass is 386 g/mol. The van der Waals surface area contributed by atoms with Crippen molar-refractivity contribution in [1.82, 2.24) is 19.7 Å². The molecule has 1 N–H and O–H groups in total. The molecule has 0 aliphatic heterocycles. The highest BCUT2D eigenvalue weighted by Crippen LogP contribution is 2.34. The first kappa shape index (κ1) is 19.0. The largest absolute Gasteiger partial charge is 0.419 e. The summed E-state index contributed by atoms with van der Waals surface area (Å²) in [5.41, 5.74) is -1.11. The van der Waals surface area contributed by atoms with Crippen LogP contribution in [0.5, 0.6) is 0 Å². The molecule has 0 unspecified atom stereocenters. The van der Waals surface area contributed by atoms with E-state index in [4.69, 9.17) is 0 Å². The Bertz CT molecular complexity index is 1050. The summed E-state index contributed by atoms with van der Waals surface area (Å²) >= 11 is 0. The lowest BCUT2D eigenvalue weighted by atomic mass is 9.95. The van der Waals surface area contributed by atoms with Gasteiger partial charge in [-0.1, -0.05) is 13.0 Å². The number of aryl methyl sites for hydroxylation is 2. The normalized spacial score (nSPS) is 13.3. The highest BCUT2D eigenvalue weighted by atomic mass is 19.4. The van der Waals surface area contributed by atoms with Crippen molar-refractivity contribution in [2.45, 2.75) is 32.5 Å². The molecule has 0 saturated carbocycles. The Labute approximate surface area is 149 Å². The van der Waals surface area contributed by atoms with Gasteiger partial charge in [0.05, 0.1) is 17.8 Å². The first-order valence-corrected chi connectivity index (χ1v) is 8.03. The molecule has 0 saturated heterocycles. The molecule has 1 atom stereocenters. The number of nitrogens with zero attached hydrogens (tertiary/aromatic N) is 3. The third kappa shape index (κ3) is 3.43. The van der Waals surface area contributed by atoms with Crippen LogP contribution in [0.15, 0.2) is 23.0 Å². The molecule has 2 aromatic heterocycles. The zero-order valence-corrected chi connectivity index (χ0v) is 14.4. The lowest BCUT2D eigenvalue weighted by Gasteiger charge is -2.13. The second-order valence-electron chi connectivity index (χ2n) is 6.10. The minimum Gasteiger partial charge on any atom is -0.309 e. The molecular weight excluding hydrogens is 371 g/mol. The topological polar surface area (TPSA) is 63.6 Å². The van der Waals surface area contributed by atoms with Gasteiger partial charge in [0.25, 0.3) is 5.56 Å². The number of hydrogen-bond acceptors (Lipinski definition) is 3. The fourth-order valence-electron chi connectivity index (χ4n) is 2.95. The summed E-state index contributed by atoms with van der Waals surface area (Å²) in [7, 11) is 0. The van der Waals surface area contributed by atoms with Gasteiger partial charge in [-0.3, -0.25) is 9.48 Å². The molecule has 0 aliphatic rings. The van der Waals surface area contributed by atoms with Crippen molar-refractivity contribution in [3.8, 4) is 0 Å². The van der Waals surface area contributed by atoms with Gasteiger partial charge in [0, 0.05) is 5.92 Å². The van der Waals surface area contributed by atoms with Gasteiger partial charge in [0.1, 0.15) is 23.8 Å². The Morgan fingerprint density at radius 1 is 1.30 bits per heavy atom. The number of alkyl halides is 4. The van der Waals surface area contributed by atoms with E-state index in [1.165, 1.54) is 0 Å². The first-order valence-electron chi connectivity index (χ1n) is 8.03. The number of rotatable bonds is 4. The van der Waals surface area contributed by atoms with Crippen LogP contribution >= 0.6 is 0 Å². The van der Waals surface area contributed by atoms with E-state index in [0.717, 1.165) is 16.8 Å². The van der Waals surface area contributed by atoms with E-state index in [0.29, 0.717) is 11.9 Å². The van der Waals surface area contributed by atoms with Crippen molar-refractivity contribution < 1.29 is 22.0 Å². The fourth-order valence-corrected chi connectivity index (χ4v) is 2.95. The van der Waals surface area contributed by atoms with Crippen molar-refractivity contribution in [1.29, 1.82) is 0 Å². The summed E-state index contributed by atoms with van der Waals surface area (Å²) in [4.78, 5) is 18.9. The molecule has 0 bridgehead atoms. The van der Waals surface area contributed by atoms with E-state index < -0.39 is 35.7 Å². The Morgan fingerprint density at radius 3 is 2.59 bits per heavy atom. The molecule has 144 valence electrons. The van der Waals surface area contributed by atoms with Crippen LogP contribution in [-0.4, -0.2) is 26.4 Å². The van der Waals surface area contributed by atoms with Crippen LogP contribution in [0.2, 0.25) is 0 Å². The summed E-state index contributed by atoms with van der Waals surface area (Å²) in [5.74, 6) is -1.76.